The molecule has 126 valence electrons. The molecule has 0 aromatic heterocycles. The molecule has 2 aromatic carbocycles. The predicted molar refractivity (Wildman–Crippen MR) is 95.9 cm³/mol. The minimum Gasteiger partial charge on any atom is -0.494 e. The maximum absolute atomic E-state index is 5.41. The summed E-state index contributed by atoms with van der Waals surface area (Å²) in [5.74, 6) is 1.02. The maximum atomic E-state index is 5.41. The van der Waals surface area contributed by atoms with Crippen molar-refractivity contribution in [2.45, 2.75) is 0 Å². The van der Waals surface area contributed by atoms with Crippen molar-refractivity contribution < 1.29 is 9.47 Å². The first kappa shape index (κ1) is 16.9. The molecule has 0 bridgehead atoms. The summed E-state index contributed by atoms with van der Waals surface area (Å²) in [6, 6.07) is 10.9. The summed E-state index contributed by atoms with van der Waals surface area (Å²) in [6.45, 7) is 0. The molecule has 0 spiro atoms. The fourth-order valence-corrected chi connectivity index (χ4v) is 2.18. The zero-order valence-corrected chi connectivity index (χ0v) is 13.5. The highest BCUT2D eigenvalue weighted by Gasteiger charge is 2.09. The first-order valence-corrected chi connectivity index (χ1v) is 7.00. The SMILES string of the molecule is COc1cc(-c2ccc(N=C(N)N)c(OC)c2)ccc1N=C(N)N. The highest BCUT2D eigenvalue weighted by Crippen LogP contribution is 2.36. The van der Waals surface area contributed by atoms with Crippen LogP contribution in [0.3, 0.4) is 0 Å². The van der Waals surface area contributed by atoms with E-state index in [0.717, 1.165) is 11.1 Å². The standard InChI is InChI=1S/C16H20N6O2/c1-23-13-7-9(3-5-11(13)21-15(17)18)10-4-6-12(22-16(19)20)14(8-10)24-2/h3-8H,1-2H3,(H4,17,18,21)(H4,19,20,22). The summed E-state index contributed by atoms with van der Waals surface area (Å²) in [4.78, 5) is 8.05. The molecule has 2 rings (SSSR count). The molecule has 0 aliphatic carbocycles. The van der Waals surface area contributed by atoms with E-state index in [2.05, 4.69) is 9.98 Å². The van der Waals surface area contributed by atoms with Gasteiger partial charge in [-0.2, -0.15) is 0 Å². The number of hydrogen-bond acceptors (Lipinski definition) is 4. The fourth-order valence-electron chi connectivity index (χ4n) is 2.18. The lowest BCUT2D eigenvalue weighted by atomic mass is 10.0. The number of guanidine groups is 2. The summed E-state index contributed by atoms with van der Waals surface area (Å²) in [5.41, 5.74) is 24.5. The van der Waals surface area contributed by atoms with E-state index in [1.165, 1.54) is 0 Å². The molecule has 8 nitrogen and oxygen atoms in total. The van der Waals surface area contributed by atoms with Gasteiger partial charge in [0.15, 0.2) is 11.9 Å². The van der Waals surface area contributed by atoms with Gasteiger partial charge in [-0.15, -0.1) is 0 Å². The summed E-state index contributed by atoms with van der Waals surface area (Å²) < 4.78 is 10.7. The molecule has 2 aromatic rings. The van der Waals surface area contributed by atoms with Crippen LogP contribution in [0.15, 0.2) is 46.4 Å². The van der Waals surface area contributed by atoms with Crippen molar-refractivity contribution in [3.8, 4) is 22.6 Å². The molecule has 24 heavy (non-hydrogen) atoms. The lowest BCUT2D eigenvalue weighted by Crippen LogP contribution is -2.22. The van der Waals surface area contributed by atoms with Crippen LogP contribution in [-0.2, 0) is 0 Å². The van der Waals surface area contributed by atoms with Crippen molar-refractivity contribution >= 4 is 23.3 Å². The van der Waals surface area contributed by atoms with Crippen molar-refractivity contribution in [1.29, 1.82) is 0 Å². The number of ether oxygens (including phenoxy) is 2. The fraction of sp³-hybridized carbons (Fsp3) is 0.125. The van der Waals surface area contributed by atoms with Gasteiger partial charge in [-0.1, -0.05) is 12.1 Å². The van der Waals surface area contributed by atoms with Crippen molar-refractivity contribution in [1.82, 2.24) is 0 Å². The average Bonchev–Trinajstić information content (AvgIpc) is 2.54. The highest BCUT2D eigenvalue weighted by molar-refractivity contribution is 5.83. The van der Waals surface area contributed by atoms with Crippen LogP contribution in [0.5, 0.6) is 11.5 Å². The van der Waals surface area contributed by atoms with Crippen molar-refractivity contribution in [2.75, 3.05) is 14.2 Å². The average molecular weight is 328 g/mol. The molecule has 0 aliphatic rings. The summed E-state index contributed by atoms with van der Waals surface area (Å²) in [5, 5.41) is 0. The Morgan fingerprint density at radius 3 is 1.38 bits per heavy atom. The predicted octanol–water partition coefficient (Wildman–Crippen LogP) is 1.18. The van der Waals surface area contributed by atoms with E-state index in [4.69, 9.17) is 32.4 Å². The molecule has 0 unspecified atom stereocenters. The number of rotatable bonds is 5. The van der Waals surface area contributed by atoms with Crippen molar-refractivity contribution in [2.24, 2.45) is 32.9 Å². The summed E-state index contributed by atoms with van der Waals surface area (Å²) in [7, 11) is 3.10. The van der Waals surface area contributed by atoms with Crippen molar-refractivity contribution in [3.63, 3.8) is 0 Å². The Kier molecular flexibility index (Phi) is 5.10. The van der Waals surface area contributed by atoms with Gasteiger partial charge < -0.3 is 32.4 Å². The summed E-state index contributed by atoms with van der Waals surface area (Å²) >= 11 is 0. The first-order chi connectivity index (χ1) is 11.4. The Morgan fingerprint density at radius 2 is 1.08 bits per heavy atom. The third kappa shape index (κ3) is 3.86. The number of nitrogens with two attached hydrogens (primary N) is 4. The highest BCUT2D eigenvalue weighted by atomic mass is 16.5. The molecular weight excluding hydrogens is 308 g/mol. The zero-order chi connectivity index (χ0) is 17.7. The van der Waals surface area contributed by atoms with Crippen molar-refractivity contribution in [3.05, 3.63) is 36.4 Å². The maximum Gasteiger partial charge on any atom is 0.191 e. The molecule has 0 saturated carbocycles. The van der Waals surface area contributed by atoms with Gasteiger partial charge in [-0.05, 0) is 35.4 Å². The molecule has 0 aliphatic heterocycles. The van der Waals surface area contributed by atoms with Gasteiger partial charge in [0.1, 0.15) is 22.9 Å². The Hall–Kier alpha value is -3.42. The molecule has 0 saturated heterocycles. The van der Waals surface area contributed by atoms with Crippen LogP contribution >= 0.6 is 0 Å². The third-order valence-corrected chi connectivity index (χ3v) is 3.19. The minimum absolute atomic E-state index is 0.0377. The van der Waals surface area contributed by atoms with Crippen LogP contribution in [0.2, 0.25) is 0 Å². The van der Waals surface area contributed by atoms with Crippen LogP contribution in [-0.4, -0.2) is 26.1 Å². The van der Waals surface area contributed by atoms with E-state index < -0.39 is 0 Å². The smallest absolute Gasteiger partial charge is 0.191 e. The molecule has 8 heteroatoms. The van der Waals surface area contributed by atoms with Crippen LogP contribution in [0.1, 0.15) is 0 Å². The number of hydrogen-bond donors (Lipinski definition) is 4. The molecule has 8 N–H and O–H groups in total. The molecule has 0 atom stereocenters. The zero-order valence-electron chi connectivity index (χ0n) is 13.5. The molecule has 0 amide bonds. The van der Waals surface area contributed by atoms with Gasteiger partial charge in [0, 0.05) is 0 Å². The Morgan fingerprint density at radius 1 is 0.708 bits per heavy atom. The van der Waals surface area contributed by atoms with Crippen LogP contribution < -0.4 is 32.4 Å². The molecular formula is C16H20N6O2. The molecule has 0 heterocycles. The van der Waals surface area contributed by atoms with Gasteiger partial charge in [0.2, 0.25) is 0 Å². The number of methoxy groups -OCH3 is 2. The van der Waals surface area contributed by atoms with Gasteiger partial charge in [0.25, 0.3) is 0 Å². The second-order valence-corrected chi connectivity index (χ2v) is 4.85. The van der Waals surface area contributed by atoms with E-state index in [9.17, 15) is 0 Å². The van der Waals surface area contributed by atoms with Gasteiger partial charge in [-0.25, -0.2) is 9.98 Å². The monoisotopic (exact) mass is 328 g/mol. The quantitative estimate of drug-likeness (QED) is 0.478. The van der Waals surface area contributed by atoms with E-state index >= 15 is 0 Å². The Labute approximate surface area is 139 Å². The Bertz CT molecular complexity index is 726. The summed E-state index contributed by atoms with van der Waals surface area (Å²) in [6.07, 6.45) is 0. The number of benzene rings is 2. The second kappa shape index (κ2) is 7.23. The van der Waals surface area contributed by atoms with Gasteiger partial charge in [-0.3, -0.25) is 0 Å². The third-order valence-electron chi connectivity index (χ3n) is 3.19. The van der Waals surface area contributed by atoms with E-state index in [0.29, 0.717) is 22.9 Å². The van der Waals surface area contributed by atoms with E-state index in [-0.39, 0.29) is 11.9 Å². The number of nitrogens with zero attached hydrogens (tertiary/aromatic N) is 2. The first-order valence-electron chi connectivity index (χ1n) is 7.00. The van der Waals surface area contributed by atoms with Crippen LogP contribution in [0.25, 0.3) is 11.1 Å². The topological polar surface area (TPSA) is 147 Å². The van der Waals surface area contributed by atoms with Gasteiger partial charge in [0.05, 0.1) is 14.2 Å². The Balaban J connectivity index is 2.48. The van der Waals surface area contributed by atoms with Crippen LogP contribution in [0, 0.1) is 0 Å². The van der Waals surface area contributed by atoms with Crippen LogP contribution in [0.4, 0.5) is 11.4 Å². The lowest BCUT2D eigenvalue weighted by molar-refractivity contribution is 0.415. The van der Waals surface area contributed by atoms with E-state index in [1.807, 2.05) is 24.3 Å². The lowest BCUT2D eigenvalue weighted by Gasteiger charge is -2.11. The largest absolute Gasteiger partial charge is 0.494 e. The molecule has 0 fully saturated rings. The van der Waals surface area contributed by atoms with E-state index in [1.54, 1.807) is 26.4 Å². The van der Waals surface area contributed by atoms with Gasteiger partial charge >= 0.3 is 0 Å². The second-order valence-electron chi connectivity index (χ2n) is 4.85. The minimum atomic E-state index is -0.0377. The molecule has 0 radical (unpaired) electrons. The number of aliphatic imine (C=N–C) groups is 2. The normalized spacial score (nSPS) is 9.92.